The van der Waals surface area contributed by atoms with E-state index in [1.807, 2.05) is 0 Å². The molecule has 2 nitrogen and oxygen atoms in total. The lowest BCUT2D eigenvalue weighted by Gasteiger charge is -2.33. The van der Waals surface area contributed by atoms with Gasteiger partial charge in [-0.15, -0.1) is 0 Å². The van der Waals surface area contributed by atoms with Gasteiger partial charge < -0.3 is 10.1 Å². The van der Waals surface area contributed by atoms with Crippen LogP contribution < -0.4 is 5.32 Å². The molecule has 0 radical (unpaired) electrons. The summed E-state index contributed by atoms with van der Waals surface area (Å²) in [7, 11) is 1.77. The summed E-state index contributed by atoms with van der Waals surface area (Å²) < 4.78 is 5.11. The standard InChI is InChI=1S/C16H35NO/c1-5-8-10-12-16(7-3,11-9-6-2)15-17-13-14-18-4/h17H,5-15H2,1-4H3. The third-order valence-electron chi connectivity index (χ3n) is 4.10. The van der Waals surface area contributed by atoms with Crippen LogP contribution in [0.15, 0.2) is 0 Å². The van der Waals surface area contributed by atoms with Crippen LogP contribution in [0.1, 0.15) is 72.1 Å². The molecule has 0 fully saturated rings. The maximum absolute atomic E-state index is 5.11. The van der Waals surface area contributed by atoms with Gasteiger partial charge in [-0.3, -0.25) is 0 Å². The van der Waals surface area contributed by atoms with Crippen molar-refractivity contribution in [3.05, 3.63) is 0 Å². The minimum absolute atomic E-state index is 0.527. The van der Waals surface area contributed by atoms with Gasteiger partial charge in [-0.1, -0.05) is 52.9 Å². The lowest BCUT2D eigenvalue weighted by atomic mass is 9.76. The van der Waals surface area contributed by atoms with E-state index in [0.29, 0.717) is 5.41 Å². The van der Waals surface area contributed by atoms with Gasteiger partial charge in [-0.05, 0) is 24.7 Å². The molecule has 0 amide bonds. The van der Waals surface area contributed by atoms with E-state index in [0.717, 1.165) is 19.7 Å². The molecule has 2 heteroatoms. The van der Waals surface area contributed by atoms with Crippen molar-refractivity contribution in [1.82, 2.24) is 5.32 Å². The SMILES string of the molecule is CCCCCC(CC)(CCCC)CNCCOC. The zero-order valence-corrected chi connectivity index (χ0v) is 13.2. The lowest BCUT2D eigenvalue weighted by molar-refractivity contribution is 0.174. The topological polar surface area (TPSA) is 21.3 Å². The second-order valence-corrected chi connectivity index (χ2v) is 5.58. The van der Waals surface area contributed by atoms with Crippen molar-refractivity contribution in [1.29, 1.82) is 0 Å². The summed E-state index contributed by atoms with van der Waals surface area (Å²) in [6.07, 6.45) is 10.8. The third kappa shape index (κ3) is 8.10. The Labute approximate surface area is 115 Å². The number of methoxy groups -OCH3 is 1. The first-order valence-corrected chi connectivity index (χ1v) is 7.94. The maximum Gasteiger partial charge on any atom is 0.0587 e. The molecule has 0 aromatic rings. The van der Waals surface area contributed by atoms with Gasteiger partial charge in [0.2, 0.25) is 0 Å². The summed E-state index contributed by atoms with van der Waals surface area (Å²) in [6.45, 7) is 9.91. The summed E-state index contributed by atoms with van der Waals surface area (Å²) in [6, 6.07) is 0. The minimum atomic E-state index is 0.527. The van der Waals surface area contributed by atoms with E-state index in [2.05, 4.69) is 26.1 Å². The first-order valence-electron chi connectivity index (χ1n) is 7.94. The number of rotatable bonds is 13. The van der Waals surface area contributed by atoms with Crippen molar-refractivity contribution in [2.75, 3.05) is 26.8 Å². The number of ether oxygens (including phenoxy) is 1. The quantitative estimate of drug-likeness (QED) is 0.494. The third-order valence-corrected chi connectivity index (χ3v) is 4.10. The van der Waals surface area contributed by atoms with Crippen molar-refractivity contribution in [2.45, 2.75) is 72.1 Å². The van der Waals surface area contributed by atoms with Crippen molar-refractivity contribution < 1.29 is 4.74 Å². The molecule has 0 spiro atoms. The Balaban J connectivity index is 4.15. The highest BCUT2D eigenvalue weighted by atomic mass is 16.5. The molecule has 1 N–H and O–H groups in total. The molecule has 0 aliphatic rings. The van der Waals surface area contributed by atoms with Gasteiger partial charge in [0, 0.05) is 20.2 Å². The number of nitrogens with one attached hydrogen (secondary N) is 1. The Kier molecular flexibility index (Phi) is 11.9. The van der Waals surface area contributed by atoms with E-state index in [4.69, 9.17) is 4.74 Å². The van der Waals surface area contributed by atoms with Gasteiger partial charge in [0.05, 0.1) is 6.61 Å². The van der Waals surface area contributed by atoms with Crippen molar-refractivity contribution in [3.63, 3.8) is 0 Å². The monoisotopic (exact) mass is 257 g/mol. The van der Waals surface area contributed by atoms with Crippen LogP contribution in [0.2, 0.25) is 0 Å². The van der Waals surface area contributed by atoms with E-state index in [1.165, 1.54) is 51.4 Å². The van der Waals surface area contributed by atoms with Crippen LogP contribution in [0.4, 0.5) is 0 Å². The molecular formula is C16H35NO. The molecule has 0 aromatic heterocycles. The summed E-state index contributed by atoms with van der Waals surface area (Å²) in [5, 5.41) is 3.59. The van der Waals surface area contributed by atoms with Gasteiger partial charge in [-0.25, -0.2) is 0 Å². The lowest BCUT2D eigenvalue weighted by Crippen LogP contribution is -2.35. The fourth-order valence-corrected chi connectivity index (χ4v) is 2.61. The zero-order valence-electron chi connectivity index (χ0n) is 13.2. The Morgan fingerprint density at radius 1 is 0.944 bits per heavy atom. The minimum Gasteiger partial charge on any atom is -0.383 e. The molecule has 0 aliphatic heterocycles. The van der Waals surface area contributed by atoms with Crippen LogP contribution in [0, 0.1) is 5.41 Å². The predicted molar refractivity (Wildman–Crippen MR) is 81.1 cm³/mol. The highest BCUT2D eigenvalue weighted by Crippen LogP contribution is 2.34. The Hall–Kier alpha value is -0.0800. The molecule has 110 valence electrons. The predicted octanol–water partition coefficient (Wildman–Crippen LogP) is 4.39. The van der Waals surface area contributed by atoms with Crippen LogP contribution >= 0.6 is 0 Å². The van der Waals surface area contributed by atoms with Crippen molar-refractivity contribution >= 4 is 0 Å². The largest absolute Gasteiger partial charge is 0.383 e. The van der Waals surface area contributed by atoms with Crippen LogP contribution in [-0.4, -0.2) is 26.8 Å². The van der Waals surface area contributed by atoms with Crippen LogP contribution in [0.3, 0.4) is 0 Å². The number of hydrogen-bond acceptors (Lipinski definition) is 2. The molecule has 0 aliphatic carbocycles. The Morgan fingerprint density at radius 2 is 1.61 bits per heavy atom. The molecule has 0 heterocycles. The van der Waals surface area contributed by atoms with Crippen molar-refractivity contribution in [3.8, 4) is 0 Å². The second kappa shape index (κ2) is 12.0. The van der Waals surface area contributed by atoms with E-state index in [9.17, 15) is 0 Å². The number of hydrogen-bond donors (Lipinski definition) is 1. The molecule has 1 atom stereocenters. The van der Waals surface area contributed by atoms with E-state index in [-0.39, 0.29) is 0 Å². The highest BCUT2D eigenvalue weighted by Gasteiger charge is 2.26. The fraction of sp³-hybridized carbons (Fsp3) is 1.00. The molecule has 18 heavy (non-hydrogen) atoms. The number of unbranched alkanes of at least 4 members (excludes halogenated alkanes) is 3. The average Bonchev–Trinajstić information content (AvgIpc) is 2.40. The summed E-state index contributed by atoms with van der Waals surface area (Å²) in [5.74, 6) is 0. The van der Waals surface area contributed by atoms with Gasteiger partial charge >= 0.3 is 0 Å². The Bertz CT molecular complexity index is 172. The van der Waals surface area contributed by atoms with Gasteiger partial charge in [-0.2, -0.15) is 0 Å². The first kappa shape index (κ1) is 17.9. The Morgan fingerprint density at radius 3 is 2.17 bits per heavy atom. The molecular weight excluding hydrogens is 222 g/mol. The first-order chi connectivity index (χ1) is 8.74. The average molecular weight is 257 g/mol. The maximum atomic E-state index is 5.11. The van der Waals surface area contributed by atoms with Crippen LogP contribution in [0.25, 0.3) is 0 Å². The molecule has 0 rings (SSSR count). The van der Waals surface area contributed by atoms with E-state index in [1.54, 1.807) is 7.11 Å². The fourth-order valence-electron chi connectivity index (χ4n) is 2.61. The van der Waals surface area contributed by atoms with Gasteiger partial charge in [0.15, 0.2) is 0 Å². The molecule has 0 saturated carbocycles. The van der Waals surface area contributed by atoms with Crippen molar-refractivity contribution in [2.24, 2.45) is 5.41 Å². The summed E-state index contributed by atoms with van der Waals surface area (Å²) >= 11 is 0. The second-order valence-electron chi connectivity index (χ2n) is 5.58. The zero-order chi connectivity index (χ0) is 13.7. The summed E-state index contributed by atoms with van der Waals surface area (Å²) in [4.78, 5) is 0. The molecule has 0 bridgehead atoms. The van der Waals surface area contributed by atoms with Crippen LogP contribution in [-0.2, 0) is 4.74 Å². The normalized spacial score (nSPS) is 14.7. The van der Waals surface area contributed by atoms with Gasteiger partial charge in [0.1, 0.15) is 0 Å². The highest BCUT2D eigenvalue weighted by molar-refractivity contribution is 4.80. The molecule has 1 unspecified atom stereocenters. The summed E-state index contributed by atoms with van der Waals surface area (Å²) in [5.41, 5.74) is 0.527. The van der Waals surface area contributed by atoms with E-state index < -0.39 is 0 Å². The molecule has 0 saturated heterocycles. The van der Waals surface area contributed by atoms with Crippen LogP contribution in [0.5, 0.6) is 0 Å². The smallest absolute Gasteiger partial charge is 0.0587 e. The van der Waals surface area contributed by atoms with Gasteiger partial charge in [0.25, 0.3) is 0 Å². The molecule has 0 aromatic carbocycles. The van der Waals surface area contributed by atoms with E-state index >= 15 is 0 Å².